The lowest BCUT2D eigenvalue weighted by molar-refractivity contribution is -0.122. The van der Waals surface area contributed by atoms with Gasteiger partial charge in [-0.3, -0.25) is 9.59 Å². The van der Waals surface area contributed by atoms with Crippen molar-refractivity contribution in [3.8, 4) is 0 Å². The zero-order chi connectivity index (χ0) is 11.5. The van der Waals surface area contributed by atoms with E-state index >= 15 is 0 Å². The largest absolute Gasteiger partial charge is 0.378 e. The lowest BCUT2D eigenvalue weighted by atomic mass is 10.3. The van der Waals surface area contributed by atoms with E-state index in [1.54, 1.807) is 0 Å². The number of hydrogen-bond acceptors (Lipinski definition) is 5. The SMILES string of the molecule is NC(=O)CC1SC(N2CCOCC2)=NC1=O. The smallest absolute Gasteiger partial charge is 0.262 e. The summed E-state index contributed by atoms with van der Waals surface area (Å²) in [5, 5.41) is 0.259. The van der Waals surface area contributed by atoms with E-state index in [-0.39, 0.29) is 12.3 Å². The van der Waals surface area contributed by atoms with Gasteiger partial charge in [0, 0.05) is 19.5 Å². The van der Waals surface area contributed by atoms with Crippen LogP contribution in [0.1, 0.15) is 6.42 Å². The fourth-order valence-corrected chi connectivity index (χ4v) is 2.71. The Labute approximate surface area is 97.2 Å². The van der Waals surface area contributed by atoms with Crippen molar-refractivity contribution in [2.24, 2.45) is 10.7 Å². The molecular weight excluding hydrogens is 230 g/mol. The van der Waals surface area contributed by atoms with Crippen LogP contribution in [-0.2, 0) is 14.3 Å². The number of morpholine rings is 1. The summed E-state index contributed by atoms with van der Waals surface area (Å²) in [5.41, 5.74) is 5.07. The molecule has 1 fully saturated rings. The van der Waals surface area contributed by atoms with E-state index in [9.17, 15) is 9.59 Å². The molecule has 7 heteroatoms. The van der Waals surface area contributed by atoms with Crippen molar-refractivity contribution in [1.82, 2.24) is 4.90 Å². The number of hydrogen-bond donors (Lipinski definition) is 1. The molecule has 1 saturated heterocycles. The van der Waals surface area contributed by atoms with Crippen molar-refractivity contribution in [2.75, 3.05) is 26.3 Å². The number of nitrogens with zero attached hydrogens (tertiary/aromatic N) is 2. The molecule has 0 aromatic carbocycles. The van der Waals surface area contributed by atoms with Crippen molar-refractivity contribution < 1.29 is 14.3 Å². The number of primary amides is 1. The zero-order valence-electron chi connectivity index (χ0n) is 8.72. The molecule has 0 aliphatic carbocycles. The summed E-state index contributed by atoms with van der Waals surface area (Å²) >= 11 is 1.32. The number of carbonyl (C=O) groups excluding carboxylic acids is 2. The van der Waals surface area contributed by atoms with Gasteiger partial charge in [-0.2, -0.15) is 4.99 Å². The maximum absolute atomic E-state index is 11.5. The Morgan fingerprint density at radius 2 is 2.25 bits per heavy atom. The molecule has 1 atom stereocenters. The number of amides is 2. The average Bonchev–Trinajstić information content (AvgIpc) is 2.61. The second kappa shape index (κ2) is 4.84. The molecule has 0 radical (unpaired) electrons. The van der Waals surface area contributed by atoms with Crippen molar-refractivity contribution >= 4 is 28.7 Å². The first-order valence-electron chi connectivity index (χ1n) is 5.07. The van der Waals surface area contributed by atoms with E-state index in [1.165, 1.54) is 11.8 Å². The Kier molecular flexibility index (Phi) is 3.45. The molecular formula is C9H13N3O3S. The van der Waals surface area contributed by atoms with Gasteiger partial charge in [-0.05, 0) is 0 Å². The molecule has 16 heavy (non-hydrogen) atoms. The van der Waals surface area contributed by atoms with Crippen LogP contribution in [0.2, 0.25) is 0 Å². The molecule has 0 bridgehead atoms. The number of thioether (sulfide) groups is 1. The minimum atomic E-state index is -0.468. The topological polar surface area (TPSA) is 85.0 Å². The lowest BCUT2D eigenvalue weighted by Gasteiger charge is -2.27. The number of rotatable bonds is 2. The van der Waals surface area contributed by atoms with Crippen LogP contribution in [-0.4, -0.2) is 53.4 Å². The van der Waals surface area contributed by atoms with E-state index in [0.29, 0.717) is 18.4 Å². The van der Waals surface area contributed by atoms with Crippen LogP contribution >= 0.6 is 11.8 Å². The average molecular weight is 243 g/mol. The van der Waals surface area contributed by atoms with Crippen molar-refractivity contribution in [3.63, 3.8) is 0 Å². The van der Waals surface area contributed by atoms with E-state index in [2.05, 4.69) is 4.99 Å². The molecule has 2 aliphatic rings. The first-order valence-corrected chi connectivity index (χ1v) is 5.95. The van der Waals surface area contributed by atoms with Crippen molar-refractivity contribution in [1.29, 1.82) is 0 Å². The Bertz CT molecular complexity index is 339. The molecule has 2 N–H and O–H groups in total. The van der Waals surface area contributed by atoms with Gasteiger partial charge < -0.3 is 15.4 Å². The maximum Gasteiger partial charge on any atom is 0.262 e. The molecule has 0 spiro atoms. The van der Waals surface area contributed by atoms with E-state index in [0.717, 1.165) is 13.1 Å². The van der Waals surface area contributed by atoms with Gasteiger partial charge in [-0.1, -0.05) is 11.8 Å². The fourth-order valence-electron chi connectivity index (χ4n) is 1.58. The minimum absolute atomic E-state index is 0.0564. The van der Waals surface area contributed by atoms with Gasteiger partial charge in [-0.25, -0.2) is 0 Å². The lowest BCUT2D eigenvalue weighted by Crippen LogP contribution is -2.39. The summed E-state index contributed by atoms with van der Waals surface area (Å²) in [6, 6.07) is 0. The summed E-state index contributed by atoms with van der Waals surface area (Å²) < 4.78 is 5.21. The van der Waals surface area contributed by atoms with Crippen LogP contribution in [0.4, 0.5) is 0 Å². The number of nitrogens with two attached hydrogens (primary N) is 1. The fraction of sp³-hybridized carbons (Fsp3) is 0.667. The van der Waals surface area contributed by atoms with Gasteiger partial charge in [-0.15, -0.1) is 0 Å². The summed E-state index contributed by atoms with van der Waals surface area (Å²) in [4.78, 5) is 28.2. The standard InChI is InChI=1S/C9H13N3O3S/c10-7(13)5-6-8(14)11-9(16-6)12-1-3-15-4-2-12/h6H,1-5H2,(H2,10,13). The predicted octanol–water partition coefficient (Wildman–Crippen LogP) is -0.808. The van der Waals surface area contributed by atoms with Gasteiger partial charge in [0.05, 0.1) is 13.2 Å². The molecule has 0 aromatic heterocycles. The van der Waals surface area contributed by atoms with Crippen molar-refractivity contribution in [2.45, 2.75) is 11.7 Å². The molecule has 6 nitrogen and oxygen atoms in total. The Balaban J connectivity index is 1.95. The number of ether oxygens (including phenoxy) is 1. The first-order chi connectivity index (χ1) is 7.66. The molecule has 2 aliphatic heterocycles. The number of amidine groups is 1. The van der Waals surface area contributed by atoms with E-state index < -0.39 is 11.2 Å². The van der Waals surface area contributed by atoms with E-state index in [4.69, 9.17) is 10.5 Å². The summed E-state index contributed by atoms with van der Waals surface area (Å²) in [7, 11) is 0. The summed E-state index contributed by atoms with van der Waals surface area (Å²) in [5.74, 6) is -0.727. The Hall–Kier alpha value is -1.08. The molecule has 2 amide bonds. The van der Waals surface area contributed by atoms with Crippen LogP contribution in [0.3, 0.4) is 0 Å². The summed E-state index contributed by atoms with van der Waals surface area (Å²) in [6.45, 7) is 2.77. The minimum Gasteiger partial charge on any atom is -0.378 e. The van der Waals surface area contributed by atoms with Crippen molar-refractivity contribution in [3.05, 3.63) is 0 Å². The highest BCUT2D eigenvalue weighted by Gasteiger charge is 2.32. The highest BCUT2D eigenvalue weighted by Crippen LogP contribution is 2.27. The zero-order valence-corrected chi connectivity index (χ0v) is 9.53. The molecule has 88 valence electrons. The summed E-state index contributed by atoms with van der Waals surface area (Å²) in [6.07, 6.45) is 0.0564. The molecule has 0 saturated carbocycles. The van der Waals surface area contributed by atoms with Crippen LogP contribution in [0.5, 0.6) is 0 Å². The van der Waals surface area contributed by atoms with Crippen LogP contribution in [0.25, 0.3) is 0 Å². The second-order valence-electron chi connectivity index (χ2n) is 3.61. The van der Waals surface area contributed by atoms with Gasteiger partial charge in [0.15, 0.2) is 5.17 Å². The number of carbonyl (C=O) groups is 2. The predicted molar refractivity (Wildman–Crippen MR) is 60.0 cm³/mol. The molecule has 0 aromatic rings. The third-order valence-corrected chi connectivity index (χ3v) is 3.61. The normalized spacial score (nSPS) is 25.8. The third-order valence-electron chi connectivity index (χ3n) is 2.40. The first kappa shape index (κ1) is 11.4. The van der Waals surface area contributed by atoms with Crippen LogP contribution < -0.4 is 5.73 Å². The monoisotopic (exact) mass is 243 g/mol. The highest BCUT2D eigenvalue weighted by atomic mass is 32.2. The van der Waals surface area contributed by atoms with Gasteiger partial charge in [0.2, 0.25) is 5.91 Å². The number of aliphatic imine (C=N–C) groups is 1. The molecule has 2 heterocycles. The van der Waals surface area contributed by atoms with Crippen LogP contribution in [0, 0.1) is 0 Å². The van der Waals surface area contributed by atoms with E-state index in [1.807, 2.05) is 4.90 Å². The molecule has 2 rings (SSSR count). The van der Waals surface area contributed by atoms with Crippen LogP contribution in [0.15, 0.2) is 4.99 Å². The van der Waals surface area contributed by atoms with Gasteiger partial charge in [0.25, 0.3) is 5.91 Å². The quantitative estimate of drug-likeness (QED) is 0.685. The third kappa shape index (κ3) is 2.53. The van der Waals surface area contributed by atoms with Gasteiger partial charge in [0.1, 0.15) is 5.25 Å². The molecule has 1 unspecified atom stereocenters. The second-order valence-corrected chi connectivity index (χ2v) is 4.78. The van der Waals surface area contributed by atoms with Gasteiger partial charge >= 0.3 is 0 Å². The highest BCUT2D eigenvalue weighted by molar-refractivity contribution is 8.15. The Morgan fingerprint density at radius 3 is 2.88 bits per heavy atom. The maximum atomic E-state index is 11.5. The Morgan fingerprint density at radius 1 is 1.56 bits per heavy atom.